The molecule has 1 aromatic heterocycles. The Morgan fingerprint density at radius 1 is 1.11 bits per heavy atom. The average molecular weight is 534 g/mol. The number of carboxylic acids is 1. The van der Waals surface area contributed by atoms with E-state index in [1.54, 1.807) is 12.1 Å². The van der Waals surface area contributed by atoms with Gasteiger partial charge in [-0.3, -0.25) is 4.79 Å². The van der Waals surface area contributed by atoms with Crippen molar-refractivity contribution in [2.45, 2.75) is 51.4 Å². The second-order valence-corrected chi connectivity index (χ2v) is 8.89. The number of ether oxygens (including phenoxy) is 1. The van der Waals surface area contributed by atoms with Gasteiger partial charge in [-0.05, 0) is 42.3 Å². The van der Waals surface area contributed by atoms with Crippen LogP contribution in [0.5, 0.6) is 5.88 Å². The first-order chi connectivity index (χ1) is 18.2. The first kappa shape index (κ1) is 28.9. The summed E-state index contributed by atoms with van der Waals surface area (Å²) in [5.41, 5.74) is 1.29. The Kier molecular flexibility index (Phi) is 10.5. The van der Waals surface area contributed by atoms with E-state index in [-0.39, 0.29) is 18.0 Å². The Hall–Kier alpha value is -3.66. The molecule has 3 aromatic rings. The van der Waals surface area contributed by atoms with Crippen molar-refractivity contribution in [2.24, 2.45) is 0 Å². The number of hydrogen-bond acceptors (Lipinski definition) is 5. The second-order valence-electron chi connectivity index (χ2n) is 8.89. The summed E-state index contributed by atoms with van der Waals surface area (Å²) in [7, 11) is 0. The lowest BCUT2D eigenvalue weighted by Gasteiger charge is -2.20. The topological polar surface area (TPSA) is 83.5 Å². The number of anilines is 1. The van der Waals surface area contributed by atoms with Gasteiger partial charge in [-0.25, -0.2) is 9.37 Å². The van der Waals surface area contributed by atoms with Crippen LogP contribution in [0, 0.1) is 5.82 Å². The minimum atomic E-state index is -4.61. The Balaban J connectivity index is 1.57. The quantitative estimate of drug-likeness (QED) is 0.162. The van der Waals surface area contributed by atoms with Crippen molar-refractivity contribution in [3.05, 3.63) is 77.7 Å². The Labute approximate surface area is 219 Å². The Bertz CT molecular complexity index is 1170. The van der Waals surface area contributed by atoms with Crippen LogP contribution in [0.3, 0.4) is 0 Å². The van der Waals surface area contributed by atoms with Crippen LogP contribution in [0.2, 0.25) is 0 Å². The van der Waals surface area contributed by atoms with Gasteiger partial charge >= 0.3 is 12.1 Å². The fourth-order valence-electron chi connectivity index (χ4n) is 3.77. The lowest BCUT2D eigenvalue weighted by atomic mass is 10.0. The van der Waals surface area contributed by atoms with Crippen LogP contribution in [-0.2, 0) is 17.5 Å². The van der Waals surface area contributed by atoms with Gasteiger partial charge in [0.05, 0.1) is 18.0 Å². The standard InChI is InChI=1S/C28H31F4N3O3/c1-2-3-4-23(35-22-9-5-19(6-10-22)16-33-14-13-27(36)37)18-38-26-12-7-20(17-34-26)24-11-8-21(15-25(24)29)28(30,31)32/h5-12,15,17,23,33,35H,2-4,13-14,16,18H2,1H3,(H,36,37)/t23-/m0/s1. The van der Waals surface area contributed by atoms with Gasteiger partial charge in [0.15, 0.2) is 0 Å². The van der Waals surface area contributed by atoms with Gasteiger partial charge in [-0.15, -0.1) is 0 Å². The number of nitrogens with zero attached hydrogens (tertiary/aromatic N) is 1. The summed E-state index contributed by atoms with van der Waals surface area (Å²) in [5, 5.41) is 15.3. The number of carboxylic acid groups (broad SMARTS) is 1. The van der Waals surface area contributed by atoms with E-state index >= 15 is 0 Å². The minimum Gasteiger partial charge on any atom is -0.481 e. The molecule has 0 bridgehead atoms. The summed E-state index contributed by atoms with van der Waals surface area (Å²) in [6.07, 6.45) is -0.290. The SMILES string of the molecule is CCCC[C@@H](COc1ccc(-c2ccc(C(F)(F)F)cc2F)cn1)Nc1ccc(CNCCC(=O)O)cc1. The predicted molar refractivity (Wildman–Crippen MR) is 137 cm³/mol. The molecular weight excluding hydrogens is 502 g/mol. The van der Waals surface area contributed by atoms with Crippen LogP contribution in [0.25, 0.3) is 11.1 Å². The van der Waals surface area contributed by atoms with E-state index in [1.807, 2.05) is 24.3 Å². The molecule has 0 aliphatic heterocycles. The number of halogens is 4. The predicted octanol–water partition coefficient (Wildman–Crippen LogP) is 6.52. The highest BCUT2D eigenvalue weighted by Crippen LogP contribution is 2.33. The molecule has 0 amide bonds. The molecule has 1 atom stereocenters. The molecule has 38 heavy (non-hydrogen) atoms. The summed E-state index contributed by atoms with van der Waals surface area (Å²) in [5.74, 6) is -1.48. The molecule has 0 aliphatic carbocycles. The summed E-state index contributed by atoms with van der Waals surface area (Å²) in [6, 6.07) is 13.4. The fourth-order valence-corrected chi connectivity index (χ4v) is 3.77. The normalized spacial score (nSPS) is 12.2. The average Bonchev–Trinajstić information content (AvgIpc) is 2.89. The van der Waals surface area contributed by atoms with Crippen molar-refractivity contribution in [3.8, 4) is 17.0 Å². The maximum absolute atomic E-state index is 14.3. The summed E-state index contributed by atoms with van der Waals surface area (Å²) >= 11 is 0. The number of nitrogens with one attached hydrogen (secondary N) is 2. The number of carbonyl (C=O) groups is 1. The van der Waals surface area contributed by atoms with Crippen LogP contribution in [0.1, 0.15) is 43.7 Å². The van der Waals surface area contributed by atoms with Gasteiger partial charge in [-0.2, -0.15) is 13.2 Å². The molecule has 0 unspecified atom stereocenters. The van der Waals surface area contributed by atoms with E-state index in [9.17, 15) is 22.4 Å². The van der Waals surface area contributed by atoms with Crippen molar-refractivity contribution in [1.29, 1.82) is 0 Å². The molecule has 3 rings (SSSR count). The number of rotatable bonds is 14. The maximum Gasteiger partial charge on any atom is 0.416 e. The van der Waals surface area contributed by atoms with Crippen LogP contribution in [-0.4, -0.2) is 35.3 Å². The number of aliphatic carboxylic acids is 1. The highest BCUT2D eigenvalue weighted by atomic mass is 19.4. The van der Waals surface area contributed by atoms with Crippen molar-refractivity contribution in [2.75, 3.05) is 18.5 Å². The molecule has 0 aliphatic rings. The summed E-state index contributed by atoms with van der Waals surface area (Å²) < 4.78 is 58.5. The van der Waals surface area contributed by atoms with E-state index < -0.39 is 23.5 Å². The van der Waals surface area contributed by atoms with Crippen LogP contribution < -0.4 is 15.4 Å². The zero-order valence-electron chi connectivity index (χ0n) is 21.0. The van der Waals surface area contributed by atoms with Crippen molar-refractivity contribution < 1.29 is 32.2 Å². The smallest absolute Gasteiger partial charge is 0.416 e. The molecule has 0 fully saturated rings. The zero-order valence-corrected chi connectivity index (χ0v) is 21.0. The molecule has 2 aromatic carbocycles. The van der Waals surface area contributed by atoms with E-state index in [2.05, 4.69) is 22.5 Å². The van der Waals surface area contributed by atoms with Gasteiger partial charge in [-0.1, -0.05) is 38.0 Å². The maximum atomic E-state index is 14.3. The van der Waals surface area contributed by atoms with Gasteiger partial charge in [0, 0.05) is 42.2 Å². The molecule has 0 saturated heterocycles. The molecule has 6 nitrogen and oxygen atoms in total. The number of unbranched alkanes of at least 4 members (excludes halogenated alkanes) is 1. The third kappa shape index (κ3) is 9.02. The Morgan fingerprint density at radius 3 is 2.47 bits per heavy atom. The fraction of sp³-hybridized carbons (Fsp3) is 0.357. The number of aromatic nitrogens is 1. The van der Waals surface area contributed by atoms with Crippen LogP contribution in [0.15, 0.2) is 60.8 Å². The molecule has 0 saturated carbocycles. The lowest BCUT2D eigenvalue weighted by molar-refractivity contribution is -0.138. The van der Waals surface area contributed by atoms with Gasteiger partial charge in [0.25, 0.3) is 0 Å². The molecule has 0 radical (unpaired) electrons. The molecule has 10 heteroatoms. The first-order valence-electron chi connectivity index (χ1n) is 12.4. The number of alkyl halides is 3. The van der Waals surface area contributed by atoms with Gasteiger partial charge in [0.2, 0.25) is 5.88 Å². The van der Waals surface area contributed by atoms with Crippen molar-refractivity contribution >= 4 is 11.7 Å². The third-order valence-electron chi connectivity index (χ3n) is 5.85. The van der Waals surface area contributed by atoms with Crippen LogP contribution >= 0.6 is 0 Å². The van der Waals surface area contributed by atoms with E-state index in [1.165, 1.54) is 6.20 Å². The first-order valence-corrected chi connectivity index (χ1v) is 12.4. The largest absolute Gasteiger partial charge is 0.481 e. The zero-order chi connectivity index (χ0) is 27.5. The molecular formula is C28H31F4N3O3. The third-order valence-corrected chi connectivity index (χ3v) is 5.85. The number of hydrogen-bond donors (Lipinski definition) is 3. The van der Waals surface area contributed by atoms with Crippen molar-refractivity contribution in [1.82, 2.24) is 10.3 Å². The minimum absolute atomic E-state index is 0.00308. The molecule has 3 N–H and O–H groups in total. The molecule has 204 valence electrons. The van der Waals surface area contributed by atoms with E-state index in [0.29, 0.717) is 37.2 Å². The highest BCUT2D eigenvalue weighted by Gasteiger charge is 2.31. The van der Waals surface area contributed by atoms with E-state index in [4.69, 9.17) is 9.84 Å². The monoisotopic (exact) mass is 533 g/mol. The lowest BCUT2D eigenvalue weighted by Crippen LogP contribution is -2.27. The summed E-state index contributed by atoms with van der Waals surface area (Å²) in [6.45, 7) is 3.41. The molecule has 1 heterocycles. The van der Waals surface area contributed by atoms with E-state index in [0.717, 1.165) is 42.6 Å². The van der Waals surface area contributed by atoms with Crippen molar-refractivity contribution in [3.63, 3.8) is 0 Å². The summed E-state index contributed by atoms with van der Waals surface area (Å²) in [4.78, 5) is 14.8. The molecule has 0 spiro atoms. The second kappa shape index (κ2) is 13.8. The number of benzene rings is 2. The van der Waals surface area contributed by atoms with Crippen LogP contribution in [0.4, 0.5) is 23.2 Å². The highest BCUT2D eigenvalue weighted by molar-refractivity contribution is 5.66. The number of pyridine rings is 1. The van der Waals surface area contributed by atoms with Gasteiger partial charge in [0.1, 0.15) is 12.4 Å². The van der Waals surface area contributed by atoms with Gasteiger partial charge < -0.3 is 20.5 Å². The Morgan fingerprint density at radius 2 is 1.87 bits per heavy atom.